The van der Waals surface area contributed by atoms with Crippen LogP contribution in [0.5, 0.6) is 0 Å². The van der Waals surface area contributed by atoms with Gasteiger partial charge in [-0.1, -0.05) is 30.3 Å². The smallest absolute Gasteiger partial charge is 0.269 e. The number of amides is 3. The zero-order chi connectivity index (χ0) is 21.1. The number of carbonyl (C=O) groups excluding carboxylic acids is 3. The first-order valence-electron chi connectivity index (χ1n) is 8.76. The van der Waals surface area contributed by atoms with Gasteiger partial charge < -0.3 is 5.32 Å². The Labute approximate surface area is 166 Å². The van der Waals surface area contributed by atoms with Crippen LogP contribution in [0.3, 0.4) is 0 Å². The zero-order valence-corrected chi connectivity index (χ0v) is 15.5. The maximum absolute atomic E-state index is 11.8. The van der Waals surface area contributed by atoms with Gasteiger partial charge in [0.05, 0.1) is 4.92 Å². The Kier molecular flexibility index (Phi) is 8.06. The van der Waals surface area contributed by atoms with E-state index in [1.807, 2.05) is 30.3 Å². The second-order valence-electron chi connectivity index (χ2n) is 5.98. The van der Waals surface area contributed by atoms with Crippen LogP contribution in [-0.4, -0.2) is 22.6 Å². The highest BCUT2D eigenvalue weighted by Crippen LogP contribution is 2.12. The van der Waals surface area contributed by atoms with Gasteiger partial charge in [0.15, 0.2) is 0 Å². The van der Waals surface area contributed by atoms with E-state index < -0.39 is 16.7 Å². The van der Waals surface area contributed by atoms with E-state index in [1.54, 1.807) is 0 Å². The van der Waals surface area contributed by atoms with Gasteiger partial charge in [-0.3, -0.25) is 35.3 Å². The fourth-order valence-corrected chi connectivity index (χ4v) is 2.23. The van der Waals surface area contributed by atoms with Crippen molar-refractivity contribution in [2.75, 3.05) is 0 Å². The quantitative estimate of drug-likeness (QED) is 0.356. The lowest BCUT2D eigenvalue weighted by molar-refractivity contribution is -0.384. The van der Waals surface area contributed by atoms with Crippen LogP contribution in [0.1, 0.15) is 24.0 Å². The first kappa shape index (κ1) is 21.3. The monoisotopic (exact) mass is 396 g/mol. The Balaban J connectivity index is 1.65. The van der Waals surface area contributed by atoms with Crippen molar-refractivity contribution in [1.82, 2.24) is 16.2 Å². The van der Waals surface area contributed by atoms with Crippen molar-refractivity contribution in [3.05, 3.63) is 81.9 Å². The first-order valence-corrected chi connectivity index (χ1v) is 8.76. The van der Waals surface area contributed by atoms with E-state index in [4.69, 9.17) is 0 Å². The van der Waals surface area contributed by atoms with E-state index in [-0.39, 0.29) is 24.4 Å². The highest BCUT2D eigenvalue weighted by molar-refractivity contribution is 5.93. The summed E-state index contributed by atoms with van der Waals surface area (Å²) in [6, 6.07) is 15.0. The highest BCUT2D eigenvalue weighted by Gasteiger charge is 2.07. The third-order valence-corrected chi connectivity index (χ3v) is 3.77. The molecule has 2 rings (SSSR count). The van der Waals surface area contributed by atoms with Crippen LogP contribution in [0.15, 0.2) is 60.7 Å². The molecule has 3 amide bonds. The van der Waals surface area contributed by atoms with Gasteiger partial charge in [0.1, 0.15) is 0 Å². The number of nitro benzene ring substituents is 1. The molecule has 0 spiro atoms. The number of non-ortho nitro benzene ring substituents is 1. The Morgan fingerprint density at radius 1 is 0.897 bits per heavy atom. The van der Waals surface area contributed by atoms with E-state index in [1.165, 1.54) is 36.4 Å². The lowest BCUT2D eigenvalue weighted by Gasteiger charge is -2.06. The molecule has 0 aromatic heterocycles. The maximum atomic E-state index is 11.8. The molecule has 0 unspecified atom stereocenters. The van der Waals surface area contributed by atoms with Crippen molar-refractivity contribution in [3.8, 4) is 0 Å². The molecule has 2 aromatic rings. The molecule has 0 aliphatic carbocycles. The van der Waals surface area contributed by atoms with Crippen LogP contribution in [-0.2, 0) is 20.9 Å². The minimum atomic E-state index is -0.578. The summed E-state index contributed by atoms with van der Waals surface area (Å²) in [6.07, 6.45) is 2.54. The highest BCUT2D eigenvalue weighted by atomic mass is 16.6. The number of benzene rings is 2. The molecule has 0 aliphatic rings. The summed E-state index contributed by atoms with van der Waals surface area (Å²) in [5.74, 6) is -1.35. The van der Waals surface area contributed by atoms with Gasteiger partial charge in [0, 0.05) is 37.6 Å². The van der Waals surface area contributed by atoms with Crippen LogP contribution < -0.4 is 16.2 Å². The van der Waals surface area contributed by atoms with Gasteiger partial charge in [-0.05, 0) is 29.3 Å². The van der Waals surface area contributed by atoms with Gasteiger partial charge in [0.25, 0.3) is 11.6 Å². The summed E-state index contributed by atoms with van der Waals surface area (Å²) < 4.78 is 0. The molecule has 0 fully saturated rings. The van der Waals surface area contributed by atoms with Gasteiger partial charge in [0.2, 0.25) is 11.8 Å². The average molecular weight is 396 g/mol. The largest absolute Gasteiger partial charge is 0.352 e. The molecule has 0 saturated carbocycles. The van der Waals surface area contributed by atoms with Crippen LogP contribution in [0, 0.1) is 10.1 Å². The molecule has 0 atom stereocenters. The van der Waals surface area contributed by atoms with E-state index >= 15 is 0 Å². The summed E-state index contributed by atoms with van der Waals surface area (Å²) in [5.41, 5.74) is 5.91. The Hall–Kier alpha value is -4.01. The summed E-state index contributed by atoms with van der Waals surface area (Å²) in [4.78, 5) is 45.2. The van der Waals surface area contributed by atoms with E-state index in [2.05, 4.69) is 16.2 Å². The number of nitrogens with one attached hydrogen (secondary N) is 3. The van der Waals surface area contributed by atoms with Gasteiger partial charge in [-0.2, -0.15) is 0 Å². The first-order chi connectivity index (χ1) is 13.9. The Bertz CT molecular complexity index is 895. The van der Waals surface area contributed by atoms with Gasteiger partial charge >= 0.3 is 0 Å². The molecule has 0 bridgehead atoms. The molecule has 0 heterocycles. The minimum absolute atomic E-state index is 0.00677. The fourth-order valence-electron chi connectivity index (χ4n) is 2.23. The van der Waals surface area contributed by atoms with Crippen molar-refractivity contribution in [2.45, 2.75) is 19.4 Å². The molecule has 2 aromatic carbocycles. The number of hydrazine groups is 1. The van der Waals surface area contributed by atoms with E-state index in [0.29, 0.717) is 12.1 Å². The summed E-state index contributed by atoms with van der Waals surface area (Å²) in [7, 11) is 0. The van der Waals surface area contributed by atoms with Crippen molar-refractivity contribution in [2.24, 2.45) is 0 Å². The molecule has 3 N–H and O–H groups in total. The SMILES string of the molecule is O=C(/C=C/c1ccc([N+](=O)[O-])cc1)NNC(=O)CCC(=O)NCc1ccccc1. The maximum Gasteiger partial charge on any atom is 0.269 e. The number of nitrogens with zero attached hydrogens (tertiary/aromatic N) is 1. The second kappa shape index (κ2) is 11.0. The third-order valence-electron chi connectivity index (χ3n) is 3.77. The van der Waals surface area contributed by atoms with Gasteiger partial charge in [-0.15, -0.1) is 0 Å². The standard InChI is InChI=1S/C20H20N4O5/c25-18(21-14-16-4-2-1-3-5-16)12-13-20(27)23-22-19(26)11-8-15-6-9-17(10-7-15)24(28)29/h1-11H,12-14H2,(H,21,25)(H,22,26)(H,23,27)/b11-8+. The topological polar surface area (TPSA) is 130 Å². The number of nitro groups is 1. The van der Waals surface area contributed by atoms with E-state index in [9.17, 15) is 24.5 Å². The molecule has 0 saturated heterocycles. The van der Waals surface area contributed by atoms with Crippen LogP contribution >= 0.6 is 0 Å². The summed E-state index contributed by atoms with van der Waals surface area (Å²) in [5, 5.41) is 13.3. The molecule has 0 aliphatic heterocycles. The summed E-state index contributed by atoms with van der Waals surface area (Å²) >= 11 is 0. The Morgan fingerprint density at radius 2 is 1.55 bits per heavy atom. The second-order valence-corrected chi connectivity index (χ2v) is 5.98. The predicted molar refractivity (Wildman–Crippen MR) is 106 cm³/mol. The number of hydrogen-bond acceptors (Lipinski definition) is 5. The fraction of sp³-hybridized carbons (Fsp3) is 0.150. The lowest BCUT2D eigenvalue weighted by atomic mass is 10.2. The minimum Gasteiger partial charge on any atom is -0.352 e. The number of carbonyl (C=O) groups is 3. The predicted octanol–water partition coefficient (Wildman–Crippen LogP) is 1.85. The van der Waals surface area contributed by atoms with Crippen molar-refractivity contribution >= 4 is 29.5 Å². The normalized spacial score (nSPS) is 10.3. The molecular formula is C20H20N4O5. The molecule has 150 valence electrons. The molecular weight excluding hydrogens is 376 g/mol. The average Bonchev–Trinajstić information content (AvgIpc) is 2.74. The van der Waals surface area contributed by atoms with Crippen molar-refractivity contribution in [1.29, 1.82) is 0 Å². The Morgan fingerprint density at radius 3 is 2.21 bits per heavy atom. The van der Waals surface area contributed by atoms with Crippen LogP contribution in [0.2, 0.25) is 0 Å². The number of rotatable bonds is 8. The zero-order valence-electron chi connectivity index (χ0n) is 15.5. The lowest BCUT2D eigenvalue weighted by Crippen LogP contribution is -2.41. The van der Waals surface area contributed by atoms with Crippen LogP contribution in [0.25, 0.3) is 6.08 Å². The van der Waals surface area contributed by atoms with Crippen molar-refractivity contribution < 1.29 is 19.3 Å². The number of hydrogen-bond donors (Lipinski definition) is 3. The molecule has 0 radical (unpaired) electrons. The van der Waals surface area contributed by atoms with Gasteiger partial charge in [-0.25, -0.2) is 0 Å². The molecule has 9 nitrogen and oxygen atoms in total. The summed E-state index contributed by atoms with van der Waals surface area (Å²) in [6.45, 7) is 0.380. The van der Waals surface area contributed by atoms with Crippen LogP contribution in [0.4, 0.5) is 5.69 Å². The van der Waals surface area contributed by atoms with Crippen molar-refractivity contribution in [3.63, 3.8) is 0 Å². The molecule has 29 heavy (non-hydrogen) atoms. The third kappa shape index (κ3) is 8.04. The molecule has 9 heteroatoms. The van der Waals surface area contributed by atoms with E-state index in [0.717, 1.165) is 5.56 Å².